The number of rotatable bonds is 6. The van der Waals surface area contributed by atoms with Crippen molar-refractivity contribution in [3.8, 4) is 23.1 Å². The second kappa shape index (κ2) is 9.31. The Hall–Kier alpha value is -3.23. The minimum Gasteiger partial charge on any atom is -0.493 e. The summed E-state index contributed by atoms with van der Waals surface area (Å²) in [6, 6.07) is 6.80. The van der Waals surface area contributed by atoms with E-state index in [0.29, 0.717) is 41.9 Å². The Morgan fingerprint density at radius 2 is 1.83 bits per heavy atom. The molecule has 1 unspecified atom stereocenters. The van der Waals surface area contributed by atoms with Gasteiger partial charge < -0.3 is 29.2 Å². The number of benzene rings is 1. The molecule has 0 spiro atoms. The van der Waals surface area contributed by atoms with E-state index in [2.05, 4.69) is 15.5 Å². The van der Waals surface area contributed by atoms with Gasteiger partial charge in [0.15, 0.2) is 11.5 Å². The summed E-state index contributed by atoms with van der Waals surface area (Å²) < 4.78 is 21.9. The molecule has 1 aromatic heterocycles. The van der Waals surface area contributed by atoms with Gasteiger partial charge in [-0.1, -0.05) is 0 Å². The molecular formula is C20H26N4O5. The van der Waals surface area contributed by atoms with E-state index in [-0.39, 0.29) is 12.1 Å². The number of amides is 2. The van der Waals surface area contributed by atoms with E-state index in [0.717, 1.165) is 18.5 Å². The van der Waals surface area contributed by atoms with Crippen molar-refractivity contribution >= 4 is 11.7 Å². The van der Waals surface area contributed by atoms with Crippen LogP contribution < -0.4 is 24.3 Å². The van der Waals surface area contributed by atoms with E-state index in [4.69, 9.17) is 18.9 Å². The van der Waals surface area contributed by atoms with Crippen LogP contribution in [0.3, 0.4) is 0 Å². The SMILES string of the molecule is COc1cc(NC(=O)N2CCCC(Oc3ccc(C)nn3)C2)cc(OC)c1OC. The minimum atomic E-state index is -0.220. The first kappa shape index (κ1) is 20.5. The molecule has 0 aliphatic carbocycles. The molecule has 1 aliphatic rings. The molecule has 1 atom stereocenters. The molecule has 1 aliphatic heterocycles. The fourth-order valence-corrected chi connectivity index (χ4v) is 3.19. The highest BCUT2D eigenvalue weighted by molar-refractivity contribution is 5.90. The molecule has 1 N–H and O–H groups in total. The predicted molar refractivity (Wildman–Crippen MR) is 107 cm³/mol. The highest BCUT2D eigenvalue weighted by atomic mass is 16.5. The lowest BCUT2D eigenvalue weighted by atomic mass is 10.1. The van der Waals surface area contributed by atoms with Gasteiger partial charge in [0.25, 0.3) is 0 Å². The van der Waals surface area contributed by atoms with Crippen LogP contribution in [-0.4, -0.2) is 61.7 Å². The topological polar surface area (TPSA) is 95.0 Å². The summed E-state index contributed by atoms with van der Waals surface area (Å²) in [6.45, 7) is 2.98. The van der Waals surface area contributed by atoms with Crippen LogP contribution in [0, 0.1) is 6.92 Å². The maximum Gasteiger partial charge on any atom is 0.321 e. The summed E-state index contributed by atoms with van der Waals surface area (Å²) in [5.74, 6) is 1.88. The molecule has 9 nitrogen and oxygen atoms in total. The van der Waals surface area contributed by atoms with Crippen molar-refractivity contribution in [1.29, 1.82) is 0 Å². The first-order valence-electron chi connectivity index (χ1n) is 9.37. The Morgan fingerprint density at radius 1 is 1.10 bits per heavy atom. The second-order valence-corrected chi connectivity index (χ2v) is 6.69. The largest absolute Gasteiger partial charge is 0.493 e. The highest BCUT2D eigenvalue weighted by Gasteiger charge is 2.26. The van der Waals surface area contributed by atoms with Crippen LogP contribution in [0.2, 0.25) is 0 Å². The monoisotopic (exact) mass is 402 g/mol. The summed E-state index contributed by atoms with van der Waals surface area (Å²) in [5, 5.41) is 10.9. The smallest absolute Gasteiger partial charge is 0.321 e. The third kappa shape index (κ3) is 4.98. The summed E-state index contributed by atoms with van der Waals surface area (Å²) in [6.07, 6.45) is 1.56. The van der Waals surface area contributed by atoms with Gasteiger partial charge in [-0.2, -0.15) is 5.10 Å². The number of ether oxygens (including phenoxy) is 4. The Morgan fingerprint density at radius 3 is 2.41 bits per heavy atom. The average Bonchev–Trinajstić information content (AvgIpc) is 2.74. The molecule has 2 aromatic rings. The van der Waals surface area contributed by atoms with E-state index in [1.165, 1.54) is 21.3 Å². The molecule has 1 fully saturated rings. The number of carbonyl (C=O) groups is 1. The molecule has 3 rings (SSSR count). The fraction of sp³-hybridized carbons (Fsp3) is 0.450. The van der Waals surface area contributed by atoms with Gasteiger partial charge in [-0.05, 0) is 25.8 Å². The van der Waals surface area contributed by atoms with Crippen molar-refractivity contribution in [3.63, 3.8) is 0 Å². The summed E-state index contributed by atoms with van der Waals surface area (Å²) in [5.41, 5.74) is 1.38. The maximum absolute atomic E-state index is 12.8. The molecule has 2 heterocycles. The van der Waals surface area contributed by atoms with Crippen LogP contribution in [0.15, 0.2) is 24.3 Å². The Bertz CT molecular complexity index is 818. The number of hydrogen-bond donors (Lipinski definition) is 1. The number of urea groups is 1. The zero-order valence-corrected chi connectivity index (χ0v) is 17.1. The molecule has 156 valence electrons. The van der Waals surface area contributed by atoms with Gasteiger partial charge in [0.05, 0.1) is 39.3 Å². The fourth-order valence-electron chi connectivity index (χ4n) is 3.19. The van der Waals surface area contributed by atoms with Gasteiger partial charge in [-0.15, -0.1) is 5.10 Å². The molecule has 0 radical (unpaired) electrons. The summed E-state index contributed by atoms with van der Waals surface area (Å²) in [4.78, 5) is 14.5. The number of piperidine rings is 1. The van der Waals surface area contributed by atoms with Gasteiger partial charge in [0, 0.05) is 24.7 Å². The number of likely N-dealkylation sites (tertiary alicyclic amines) is 1. The molecule has 1 saturated heterocycles. The molecule has 1 aromatic carbocycles. The zero-order valence-electron chi connectivity index (χ0n) is 17.1. The van der Waals surface area contributed by atoms with Crippen molar-refractivity contribution < 1.29 is 23.7 Å². The number of aromatic nitrogens is 2. The average molecular weight is 402 g/mol. The molecule has 29 heavy (non-hydrogen) atoms. The second-order valence-electron chi connectivity index (χ2n) is 6.69. The Kier molecular flexibility index (Phi) is 6.58. The lowest BCUT2D eigenvalue weighted by molar-refractivity contribution is 0.102. The molecule has 0 saturated carbocycles. The third-order valence-corrected chi connectivity index (χ3v) is 4.64. The molecular weight excluding hydrogens is 376 g/mol. The van der Waals surface area contributed by atoms with Gasteiger partial charge in [0.2, 0.25) is 11.6 Å². The van der Waals surface area contributed by atoms with E-state index in [1.54, 1.807) is 23.1 Å². The zero-order chi connectivity index (χ0) is 20.8. The Labute approximate surface area is 169 Å². The quantitative estimate of drug-likeness (QED) is 0.794. The van der Waals surface area contributed by atoms with Gasteiger partial charge >= 0.3 is 6.03 Å². The van der Waals surface area contributed by atoms with Crippen molar-refractivity contribution in [3.05, 3.63) is 30.0 Å². The van der Waals surface area contributed by atoms with Crippen LogP contribution in [0.25, 0.3) is 0 Å². The number of aryl methyl sites for hydroxylation is 1. The Balaban J connectivity index is 1.66. The normalized spacial score (nSPS) is 16.1. The summed E-state index contributed by atoms with van der Waals surface area (Å²) in [7, 11) is 4.60. The van der Waals surface area contributed by atoms with Crippen LogP contribution in [0.5, 0.6) is 23.1 Å². The van der Waals surface area contributed by atoms with Crippen LogP contribution >= 0.6 is 0 Å². The molecule has 2 amide bonds. The predicted octanol–water partition coefficient (Wildman–Crippen LogP) is 2.89. The number of anilines is 1. The van der Waals surface area contributed by atoms with Gasteiger partial charge in [-0.3, -0.25) is 0 Å². The maximum atomic E-state index is 12.8. The van der Waals surface area contributed by atoms with E-state index >= 15 is 0 Å². The van der Waals surface area contributed by atoms with Gasteiger partial charge in [-0.25, -0.2) is 4.79 Å². The van der Waals surface area contributed by atoms with Crippen LogP contribution in [0.1, 0.15) is 18.5 Å². The first-order valence-corrected chi connectivity index (χ1v) is 9.37. The number of carbonyl (C=O) groups excluding carboxylic acids is 1. The summed E-state index contributed by atoms with van der Waals surface area (Å²) >= 11 is 0. The van der Waals surface area contributed by atoms with Crippen molar-refractivity contribution in [2.45, 2.75) is 25.9 Å². The van der Waals surface area contributed by atoms with E-state index in [9.17, 15) is 4.79 Å². The van der Waals surface area contributed by atoms with Crippen LogP contribution in [-0.2, 0) is 0 Å². The van der Waals surface area contributed by atoms with E-state index < -0.39 is 0 Å². The number of methoxy groups -OCH3 is 3. The molecule has 0 bridgehead atoms. The number of nitrogens with zero attached hydrogens (tertiary/aromatic N) is 3. The van der Waals surface area contributed by atoms with Crippen molar-refractivity contribution in [1.82, 2.24) is 15.1 Å². The lowest BCUT2D eigenvalue weighted by Crippen LogP contribution is -2.46. The third-order valence-electron chi connectivity index (χ3n) is 4.64. The van der Waals surface area contributed by atoms with Crippen molar-refractivity contribution in [2.24, 2.45) is 0 Å². The number of nitrogens with one attached hydrogen (secondary N) is 1. The first-order chi connectivity index (χ1) is 14.0. The van der Waals surface area contributed by atoms with Gasteiger partial charge in [0.1, 0.15) is 6.10 Å². The lowest BCUT2D eigenvalue weighted by Gasteiger charge is -2.32. The minimum absolute atomic E-state index is 0.133. The molecule has 9 heteroatoms. The standard InChI is InChI=1S/C20H26N4O5/c1-13-7-8-18(23-22-13)29-15-6-5-9-24(12-15)20(25)21-14-10-16(26-2)19(28-4)17(11-14)27-3/h7-8,10-11,15H,5-6,9,12H2,1-4H3,(H,21,25). The highest BCUT2D eigenvalue weighted by Crippen LogP contribution is 2.40. The van der Waals surface area contributed by atoms with Crippen molar-refractivity contribution in [2.75, 3.05) is 39.7 Å². The number of hydrogen-bond acceptors (Lipinski definition) is 7. The van der Waals surface area contributed by atoms with E-state index in [1.807, 2.05) is 13.0 Å². The van der Waals surface area contributed by atoms with Crippen LogP contribution in [0.4, 0.5) is 10.5 Å².